The fourth-order valence-corrected chi connectivity index (χ4v) is 3.20. The Hall–Kier alpha value is -0.440. The molecule has 0 saturated carbocycles. The molecule has 0 aromatic carbocycles. The molecule has 0 bridgehead atoms. The van der Waals surface area contributed by atoms with Crippen LogP contribution in [0.25, 0.3) is 0 Å². The molecule has 1 aliphatic heterocycles. The summed E-state index contributed by atoms with van der Waals surface area (Å²) in [4.78, 5) is 26.7. The molecule has 0 amide bonds. The van der Waals surface area contributed by atoms with Crippen molar-refractivity contribution in [1.29, 1.82) is 0 Å². The van der Waals surface area contributed by atoms with Crippen molar-refractivity contribution in [3.05, 3.63) is 31.0 Å². The summed E-state index contributed by atoms with van der Waals surface area (Å²) in [5.41, 5.74) is 0.219. The molecule has 0 atom stereocenters. The van der Waals surface area contributed by atoms with Crippen molar-refractivity contribution in [2.75, 3.05) is 31.6 Å². The maximum atomic E-state index is 12.4. The van der Waals surface area contributed by atoms with Gasteiger partial charge in [0.25, 0.3) is 5.56 Å². The molecule has 0 radical (unpaired) electrons. The molecular weight excluding hydrogens is 406 g/mol. The first-order valence-corrected chi connectivity index (χ1v) is 8.82. The van der Waals surface area contributed by atoms with Crippen LogP contribution in [0.15, 0.2) is 14.1 Å². The Morgan fingerprint density at radius 1 is 1.24 bits per heavy atom. The molecule has 0 unspecified atom stereocenters. The summed E-state index contributed by atoms with van der Waals surface area (Å²) in [6, 6.07) is 0. The second-order valence-electron chi connectivity index (χ2n) is 4.99. The average molecular weight is 425 g/mol. The van der Waals surface area contributed by atoms with Crippen LogP contribution in [0.1, 0.15) is 12.1 Å². The van der Waals surface area contributed by atoms with Gasteiger partial charge in [0.15, 0.2) is 0 Å². The molecule has 2 rings (SSSR count). The van der Waals surface area contributed by atoms with Gasteiger partial charge in [-0.15, -0.1) is 0 Å². The van der Waals surface area contributed by atoms with Gasteiger partial charge in [0.05, 0.1) is 18.9 Å². The van der Waals surface area contributed by atoms with E-state index in [1.807, 2.05) is 0 Å². The second-order valence-corrected chi connectivity index (χ2v) is 6.58. The molecule has 1 aromatic heterocycles. The van der Waals surface area contributed by atoms with E-state index >= 15 is 0 Å². The molecule has 2 heterocycles. The summed E-state index contributed by atoms with van der Waals surface area (Å²) < 4.78 is 8.66. The minimum absolute atomic E-state index is 0.257. The summed E-state index contributed by atoms with van der Waals surface area (Å²) in [5.74, 6) is 0. The van der Waals surface area contributed by atoms with E-state index in [1.54, 1.807) is 4.57 Å². The van der Waals surface area contributed by atoms with E-state index < -0.39 is 0 Å². The first-order valence-electron chi connectivity index (χ1n) is 6.90. The Bertz CT molecular complexity index is 606. The van der Waals surface area contributed by atoms with Crippen molar-refractivity contribution in [2.45, 2.75) is 19.5 Å². The number of halogens is 2. The molecule has 0 aliphatic carbocycles. The van der Waals surface area contributed by atoms with Crippen LogP contribution in [-0.4, -0.2) is 45.7 Å². The standard InChI is InChI=1S/C13H19Br2N3O3/c1-16-12(19)11(15)10(9-17-5-7-21-8-6-17)18(13(16)20)4-2-3-14/h2-9H2,1H3. The lowest BCUT2D eigenvalue weighted by molar-refractivity contribution is 0.0328. The highest BCUT2D eigenvalue weighted by Gasteiger charge is 2.19. The number of ether oxygens (including phenoxy) is 1. The largest absolute Gasteiger partial charge is 0.379 e. The van der Waals surface area contributed by atoms with Crippen LogP contribution in [0.4, 0.5) is 0 Å². The van der Waals surface area contributed by atoms with E-state index in [-0.39, 0.29) is 11.2 Å². The smallest absolute Gasteiger partial charge is 0.331 e. The monoisotopic (exact) mass is 423 g/mol. The fraction of sp³-hybridized carbons (Fsp3) is 0.692. The van der Waals surface area contributed by atoms with Crippen molar-refractivity contribution in [3.63, 3.8) is 0 Å². The predicted octanol–water partition coefficient (Wildman–Crippen LogP) is 0.927. The van der Waals surface area contributed by atoms with E-state index in [0.717, 1.165) is 35.1 Å². The second kappa shape index (κ2) is 7.71. The number of alkyl halides is 1. The Morgan fingerprint density at radius 2 is 1.90 bits per heavy atom. The van der Waals surface area contributed by atoms with Crippen molar-refractivity contribution in [2.24, 2.45) is 7.05 Å². The van der Waals surface area contributed by atoms with Crippen LogP contribution in [0, 0.1) is 0 Å². The summed E-state index contributed by atoms with van der Waals surface area (Å²) in [6.07, 6.45) is 0.834. The van der Waals surface area contributed by atoms with Crippen LogP contribution >= 0.6 is 31.9 Å². The predicted molar refractivity (Wildman–Crippen MR) is 88.2 cm³/mol. The minimum Gasteiger partial charge on any atom is -0.379 e. The SMILES string of the molecule is Cn1c(=O)c(Br)c(CN2CCOCC2)n(CCCBr)c1=O. The third-order valence-corrected chi connectivity index (χ3v) is 4.94. The van der Waals surface area contributed by atoms with Crippen molar-refractivity contribution in [1.82, 2.24) is 14.0 Å². The number of nitrogens with zero attached hydrogens (tertiary/aromatic N) is 3. The van der Waals surface area contributed by atoms with Crippen LogP contribution in [-0.2, 0) is 24.9 Å². The van der Waals surface area contributed by atoms with Crippen molar-refractivity contribution in [3.8, 4) is 0 Å². The van der Waals surface area contributed by atoms with E-state index in [9.17, 15) is 9.59 Å². The molecular formula is C13H19Br2N3O3. The zero-order valence-electron chi connectivity index (χ0n) is 12.0. The van der Waals surface area contributed by atoms with Gasteiger partial charge in [0, 0.05) is 38.6 Å². The lowest BCUT2D eigenvalue weighted by Gasteiger charge is -2.28. The van der Waals surface area contributed by atoms with Gasteiger partial charge in [-0.1, -0.05) is 15.9 Å². The highest BCUT2D eigenvalue weighted by atomic mass is 79.9. The summed E-state index contributed by atoms with van der Waals surface area (Å²) in [5, 5.41) is 0.816. The molecule has 1 saturated heterocycles. The molecule has 8 heteroatoms. The van der Waals surface area contributed by atoms with Gasteiger partial charge in [0.2, 0.25) is 0 Å². The highest BCUT2D eigenvalue weighted by molar-refractivity contribution is 9.10. The van der Waals surface area contributed by atoms with Crippen LogP contribution in [0.5, 0.6) is 0 Å². The summed E-state index contributed by atoms with van der Waals surface area (Å²) in [7, 11) is 1.51. The van der Waals surface area contributed by atoms with E-state index in [2.05, 4.69) is 36.8 Å². The van der Waals surface area contributed by atoms with E-state index in [4.69, 9.17) is 4.74 Å². The van der Waals surface area contributed by atoms with E-state index in [1.165, 1.54) is 7.05 Å². The lowest BCUT2D eigenvalue weighted by atomic mass is 10.3. The maximum absolute atomic E-state index is 12.4. The first-order chi connectivity index (χ1) is 10.1. The van der Waals surface area contributed by atoms with Gasteiger partial charge < -0.3 is 4.74 Å². The fourth-order valence-electron chi connectivity index (χ4n) is 2.35. The molecule has 1 fully saturated rings. The number of hydrogen-bond acceptors (Lipinski definition) is 4. The highest BCUT2D eigenvalue weighted by Crippen LogP contribution is 2.14. The third-order valence-electron chi connectivity index (χ3n) is 3.58. The minimum atomic E-state index is -0.279. The van der Waals surface area contributed by atoms with Crippen molar-refractivity contribution < 1.29 is 4.74 Å². The molecule has 118 valence electrons. The van der Waals surface area contributed by atoms with Gasteiger partial charge in [-0.25, -0.2) is 4.79 Å². The Kier molecular flexibility index (Phi) is 6.21. The molecule has 1 aromatic rings. The average Bonchev–Trinajstić information content (AvgIpc) is 2.51. The molecule has 0 spiro atoms. The Morgan fingerprint density at radius 3 is 2.52 bits per heavy atom. The number of morpholine rings is 1. The molecule has 6 nitrogen and oxygen atoms in total. The number of hydrogen-bond donors (Lipinski definition) is 0. The van der Waals surface area contributed by atoms with Gasteiger partial charge in [-0.3, -0.25) is 18.8 Å². The van der Waals surface area contributed by atoms with Gasteiger partial charge in [-0.05, 0) is 22.4 Å². The molecule has 1 aliphatic rings. The normalized spacial score (nSPS) is 16.3. The molecule has 0 N–H and O–H groups in total. The van der Waals surface area contributed by atoms with Crippen LogP contribution in [0.3, 0.4) is 0 Å². The molecule has 21 heavy (non-hydrogen) atoms. The summed E-state index contributed by atoms with van der Waals surface area (Å²) >= 11 is 6.76. The maximum Gasteiger partial charge on any atom is 0.331 e. The Labute approximate surface area is 140 Å². The lowest BCUT2D eigenvalue weighted by Crippen LogP contribution is -2.43. The van der Waals surface area contributed by atoms with Gasteiger partial charge in [0.1, 0.15) is 4.47 Å². The first kappa shape index (κ1) is 16.9. The number of aromatic nitrogens is 2. The quantitative estimate of drug-likeness (QED) is 0.659. The Balaban J connectivity index is 2.40. The number of rotatable bonds is 5. The van der Waals surface area contributed by atoms with E-state index in [0.29, 0.717) is 30.8 Å². The van der Waals surface area contributed by atoms with Gasteiger partial charge in [-0.2, -0.15) is 0 Å². The topological polar surface area (TPSA) is 56.5 Å². The van der Waals surface area contributed by atoms with Crippen LogP contribution < -0.4 is 11.2 Å². The van der Waals surface area contributed by atoms with Crippen molar-refractivity contribution >= 4 is 31.9 Å². The summed E-state index contributed by atoms with van der Waals surface area (Å²) in [6.45, 7) is 4.18. The zero-order valence-corrected chi connectivity index (χ0v) is 15.2. The van der Waals surface area contributed by atoms with Crippen LogP contribution in [0.2, 0.25) is 0 Å². The zero-order chi connectivity index (χ0) is 15.4. The van der Waals surface area contributed by atoms with Gasteiger partial charge >= 0.3 is 5.69 Å². The third kappa shape index (κ3) is 3.85.